The van der Waals surface area contributed by atoms with E-state index in [9.17, 15) is 4.79 Å². The maximum absolute atomic E-state index is 12.9. The van der Waals surface area contributed by atoms with E-state index in [0.29, 0.717) is 17.5 Å². The highest BCUT2D eigenvalue weighted by Crippen LogP contribution is 2.20. The summed E-state index contributed by atoms with van der Waals surface area (Å²) in [5.41, 5.74) is 1.08. The first kappa shape index (κ1) is 16.3. The van der Waals surface area contributed by atoms with Crippen molar-refractivity contribution in [2.75, 3.05) is 6.54 Å². The van der Waals surface area contributed by atoms with Crippen LogP contribution in [0, 0.1) is 5.92 Å². The molecule has 3 nitrogen and oxygen atoms in total. The van der Waals surface area contributed by atoms with Gasteiger partial charge in [0.15, 0.2) is 0 Å². The lowest BCUT2D eigenvalue weighted by molar-refractivity contribution is -0.137. The monoisotopic (exact) mass is 308 g/mol. The van der Waals surface area contributed by atoms with Crippen molar-refractivity contribution in [2.45, 2.75) is 52.2 Å². The fraction of sp³-hybridized carbons (Fsp3) is 0.588. The van der Waals surface area contributed by atoms with E-state index in [0.717, 1.165) is 24.9 Å². The van der Waals surface area contributed by atoms with Crippen LogP contribution in [-0.4, -0.2) is 29.4 Å². The van der Waals surface area contributed by atoms with Crippen LogP contribution >= 0.6 is 11.6 Å². The van der Waals surface area contributed by atoms with Crippen molar-refractivity contribution in [3.05, 3.63) is 34.9 Å². The summed E-state index contributed by atoms with van der Waals surface area (Å²) < 4.78 is 0. The van der Waals surface area contributed by atoms with Gasteiger partial charge in [-0.25, -0.2) is 0 Å². The fourth-order valence-electron chi connectivity index (χ4n) is 2.91. The Morgan fingerprint density at radius 3 is 2.86 bits per heavy atom. The Labute approximate surface area is 132 Å². The van der Waals surface area contributed by atoms with Crippen LogP contribution in [0.2, 0.25) is 5.02 Å². The zero-order valence-corrected chi connectivity index (χ0v) is 13.9. The van der Waals surface area contributed by atoms with E-state index in [1.165, 1.54) is 0 Å². The molecule has 2 unspecified atom stereocenters. The number of halogens is 1. The average Bonchev–Trinajstić information content (AvgIpc) is 2.44. The number of nitrogens with one attached hydrogen (secondary N) is 1. The number of rotatable bonds is 4. The first-order valence-electron chi connectivity index (χ1n) is 7.77. The molecule has 1 saturated heterocycles. The van der Waals surface area contributed by atoms with Gasteiger partial charge in [-0.1, -0.05) is 30.7 Å². The van der Waals surface area contributed by atoms with Gasteiger partial charge in [-0.05, 0) is 56.8 Å². The second kappa shape index (κ2) is 7.28. The summed E-state index contributed by atoms with van der Waals surface area (Å²) in [7, 11) is 0. The molecule has 1 aliphatic heterocycles. The Kier molecular flexibility index (Phi) is 5.65. The van der Waals surface area contributed by atoms with E-state index >= 15 is 0 Å². The average molecular weight is 309 g/mol. The van der Waals surface area contributed by atoms with Gasteiger partial charge >= 0.3 is 0 Å². The van der Waals surface area contributed by atoms with Crippen molar-refractivity contribution < 1.29 is 4.79 Å². The first-order valence-corrected chi connectivity index (χ1v) is 8.15. The molecule has 1 fully saturated rings. The molecule has 1 aliphatic rings. The second-order valence-electron chi connectivity index (χ2n) is 6.24. The molecular weight excluding hydrogens is 284 g/mol. The Hall–Kier alpha value is -1.06. The summed E-state index contributed by atoms with van der Waals surface area (Å²) in [5, 5.41) is 4.10. The summed E-state index contributed by atoms with van der Waals surface area (Å²) in [6.45, 7) is 7.84. The predicted molar refractivity (Wildman–Crippen MR) is 87.3 cm³/mol. The van der Waals surface area contributed by atoms with E-state index in [4.69, 9.17) is 11.6 Å². The molecule has 2 rings (SSSR count). The third-order valence-electron chi connectivity index (χ3n) is 4.18. The summed E-state index contributed by atoms with van der Waals surface area (Å²) in [5.74, 6) is 0.601. The number of amides is 1. The molecule has 0 saturated carbocycles. The molecule has 4 heteroatoms. The van der Waals surface area contributed by atoms with E-state index in [1.54, 1.807) is 0 Å². The summed E-state index contributed by atoms with van der Waals surface area (Å²) in [6, 6.07) is 7.86. The van der Waals surface area contributed by atoms with Crippen molar-refractivity contribution in [3.63, 3.8) is 0 Å². The van der Waals surface area contributed by atoms with Gasteiger partial charge in [0.1, 0.15) is 0 Å². The number of piperidine rings is 1. The van der Waals surface area contributed by atoms with Gasteiger partial charge in [-0.2, -0.15) is 0 Å². The maximum atomic E-state index is 12.9. The number of carbonyl (C=O) groups excluding carboxylic acids is 1. The smallest absolute Gasteiger partial charge is 0.240 e. The third kappa shape index (κ3) is 4.21. The van der Waals surface area contributed by atoms with Crippen LogP contribution in [0.5, 0.6) is 0 Å². The van der Waals surface area contributed by atoms with Crippen molar-refractivity contribution in [3.8, 4) is 0 Å². The highest BCUT2D eigenvalue weighted by atomic mass is 35.5. The molecule has 2 atom stereocenters. The lowest BCUT2D eigenvalue weighted by Crippen LogP contribution is -2.53. The van der Waals surface area contributed by atoms with Gasteiger partial charge in [0.05, 0.1) is 6.04 Å². The Balaban J connectivity index is 2.12. The fourth-order valence-corrected chi connectivity index (χ4v) is 3.12. The minimum absolute atomic E-state index is 0.0552. The van der Waals surface area contributed by atoms with Gasteiger partial charge in [-0.3, -0.25) is 4.79 Å². The Morgan fingerprint density at radius 2 is 2.24 bits per heavy atom. The van der Waals surface area contributed by atoms with Crippen molar-refractivity contribution in [1.29, 1.82) is 0 Å². The molecule has 1 heterocycles. The highest BCUT2D eigenvalue weighted by Gasteiger charge is 2.31. The topological polar surface area (TPSA) is 32.3 Å². The van der Waals surface area contributed by atoms with Crippen LogP contribution in [0.15, 0.2) is 24.3 Å². The number of benzene rings is 1. The van der Waals surface area contributed by atoms with E-state index in [-0.39, 0.29) is 18.0 Å². The van der Waals surface area contributed by atoms with Crippen molar-refractivity contribution in [2.24, 2.45) is 5.92 Å². The Morgan fingerprint density at radius 1 is 1.48 bits per heavy atom. The molecule has 0 radical (unpaired) electrons. The molecule has 0 bridgehead atoms. The number of carbonyl (C=O) groups is 1. The number of nitrogens with zero attached hydrogens (tertiary/aromatic N) is 1. The SMILES string of the molecule is CC1CCCNC1C(=O)N(Cc1cccc(Cl)c1)C(C)C. The molecule has 1 aromatic rings. The minimum Gasteiger partial charge on any atom is -0.335 e. The van der Waals surface area contributed by atoms with Crippen LogP contribution < -0.4 is 5.32 Å². The molecule has 1 aromatic carbocycles. The zero-order valence-electron chi connectivity index (χ0n) is 13.1. The van der Waals surface area contributed by atoms with Crippen molar-refractivity contribution in [1.82, 2.24) is 10.2 Å². The van der Waals surface area contributed by atoms with E-state index < -0.39 is 0 Å². The molecular formula is C17H25ClN2O. The standard InChI is InChI=1S/C17H25ClN2O/c1-12(2)20(11-14-7-4-8-15(18)10-14)17(21)16-13(3)6-5-9-19-16/h4,7-8,10,12-13,16,19H,5-6,9,11H2,1-3H3. The van der Waals surface area contributed by atoms with Gasteiger partial charge in [-0.15, -0.1) is 0 Å². The third-order valence-corrected chi connectivity index (χ3v) is 4.42. The molecule has 1 amide bonds. The number of hydrogen-bond donors (Lipinski definition) is 1. The van der Waals surface area contributed by atoms with Crippen LogP contribution in [0.4, 0.5) is 0 Å². The van der Waals surface area contributed by atoms with Crippen molar-refractivity contribution >= 4 is 17.5 Å². The summed E-state index contributed by atoms with van der Waals surface area (Å²) in [6.07, 6.45) is 2.27. The van der Waals surface area contributed by atoms with Gasteiger partial charge in [0.25, 0.3) is 0 Å². The molecule has 0 aromatic heterocycles. The Bertz CT molecular complexity index is 489. The van der Waals surface area contributed by atoms with E-state index in [1.807, 2.05) is 29.2 Å². The lowest BCUT2D eigenvalue weighted by atomic mass is 9.91. The molecule has 1 N–H and O–H groups in total. The largest absolute Gasteiger partial charge is 0.335 e. The quantitative estimate of drug-likeness (QED) is 0.924. The molecule has 0 spiro atoms. The second-order valence-corrected chi connectivity index (χ2v) is 6.68. The normalized spacial score (nSPS) is 22.3. The summed E-state index contributed by atoms with van der Waals surface area (Å²) in [4.78, 5) is 14.8. The van der Waals surface area contributed by atoms with Crippen LogP contribution in [0.25, 0.3) is 0 Å². The van der Waals surface area contributed by atoms with Crippen LogP contribution in [0.3, 0.4) is 0 Å². The zero-order chi connectivity index (χ0) is 15.4. The highest BCUT2D eigenvalue weighted by molar-refractivity contribution is 6.30. The predicted octanol–water partition coefficient (Wildman–Crippen LogP) is 3.47. The summed E-state index contributed by atoms with van der Waals surface area (Å²) >= 11 is 6.04. The van der Waals surface area contributed by atoms with Crippen LogP contribution in [-0.2, 0) is 11.3 Å². The van der Waals surface area contributed by atoms with Gasteiger partial charge in [0, 0.05) is 17.6 Å². The number of hydrogen-bond acceptors (Lipinski definition) is 2. The van der Waals surface area contributed by atoms with E-state index in [2.05, 4.69) is 26.1 Å². The van der Waals surface area contributed by atoms with Gasteiger partial charge in [0.2, 0.25) is 5.91 Å². The lowest BCUT2D eigenvalue weighted by Gasteiger charge is -2.36. The molecule has 21 heavy (non-hydrogen) atoms. The van der Waals surface area contributed by atoms with Crippen LogP contribution in [0.1, 0.15) is 39.2 Å². The van der Waals surface area contributed by atoms with Gasteiger partial charge < -0.3 is 10.2 Å². The maximum Gasteiger partial charge on any atom is 0.240 e. The molecule has 116 valence electrons. The molecule has 0 aliphatic carbocycles. The first-order chi connectivity index (χ1) is 9.99. The minimum atomic E-state index is -0.0552.